The number of amides is 2. The van der Waals surface area contributed by atoms with Crippen molar-refractivity contribution in [1.29, 1.82) is 0 Å². The van der Waals surface area contributed by atoms with Gasteiger partial charge in [-0.1, -0.05) is 0 Å². The third-order valence-electron chi connectivity index (χ3n) is 5.75. The Morgan fingerprint density at radius 2 is 1.97 bits per heavy atom. The minimum atomic E-state index is -1.03. The van der Waals surface area contributed by atoms with Gasteiger partial charge in [-0.15, -0.1) is 11.6 Å². The van der Waals surface area contributed by atoms with E-state index >= 15 is 0 Å². The summed E-state index contributed by atoms with van der Waals surface area (Å²) in [5, 5.41) is 12.4. The molecule has 7 nitrogen and oxygen atoms in total. The highest BCUT2D eigenvalue weighted by Gasteiger charge is 2.39. The van der Waals surface area contributed by atoms with E-state index in [1.54, 1.807) is 0 Å². The normalized spacial score (nSPS) is 20.3. The second-order valence-electron chi connectivity index (χ2n) is 7.84. The number of fused-ring (bicyclic) bond motifs is 4. The molecular weight excluding hydrogens is 432 g/mol. The van der Waals surface area contributed by atoms with Crippen LogP contribution in [0.25, 0.3) is 0 Å². The van der Waals surface area contributed by atoms with Crippen molar-refractivity contribution in [3.05, 3.63) is 62.6 Å². The Bertz CT molecular complexity index is 1130. The molecule has 1 aromatic carbocycles. The number of aryl methyl sites for hydroxylation is 1. The lowest BCUT2D eigenvalue weighted by Crippen LogP contribution is -2.46. The molecule has 1 fully saturated rings. The minimum Gasteiger partial charge on any atom is -0.503 e. The molecule has 1 saturated heterocycles. The molecule has 0 aliphatic carbocycles. The van der Waals surface area contributed by atoms with Crippen molar-refractivity contribution < 1.29 is 23.5 Å². The van der Waals surface area contributed by atoms with E-state index < -0.39 is 52.8 Å². The first-order valence-corrected chi connectivity index (χ1v) is 10.3. The van der Waals surface area contributed by atoms with E-state index in [4.69, 9.17) is 11.6 Å². The van der Waals surface area contributed by atoms with E-state index in [9.17, 15) is 28.3 Å². The second-order valence-corrected chi connectivity index (χ2v) is 8.40. The molecule has 2 aromatic rings. The molecule has 0 saturated carbocycles. The van der Waals surface area contributed by atoms with Crippen LogP contribution in [0.3, 0.4) is 0 Å². The fourth-order valence-corrected chi connectivity index (χ4v) is 4.47. The fourth-order valence-electron chi connectivity index (χ4n) is 4.11. The van der Waals surface area contributed by atoms with E-state index in [0.717, 1.165) is 12.1 Å². The van der Waals surface area contributed by atoms with E-state index in [0.29, 0.717) is 31.5 Å². The van der Waals surface area contributed by atoms with E-state index in [2.05, 4.69) is 5.32 Å². The topological polar surface area (TPSA) is 91.6 Å². The van der Waals surface area contributed by atoms with Crippen molar-refractivity contribution in [1.82, 2.24) is 14.8 Å². The third kappa shape index (κ3) is 3.67. The Morgan fingerprint density at radius 3 is 2.65 bits per heavy atom. The number of nitrogens with one attached hydrogen (secondary N) is 1. The Balaban J connectivity index is 1.69. The van der Waals surface area contributed by atoms with Gasteiger partial charge in [-0.05, 0) is 37.5 Å². The van der Waals surface area contributed by atoms with Gasteiger partial charge in [0.05, 0.1) is 11.4 Å². The van der Waals surface area contributed by atoms with Crippen molar-refractivity contribution >= 4 is 23.4 Å². The minimum absolute atomic E-state index is 0.207. The number of rotatable bonds is 3. The van der Waals surface area contributed by atoms with Crippen LogP contribution in [0.5, 0.6) is 5.75 Å². The van der Waals surface area contributed by atoms with Gasteiger partial charge in [0.15, 0.2) is 11.4 Å². The highest BCUT2D eigenvalue weighted by atomic mass is 35.5. The van der Waals surface area contributed by atoms with Gasteiger partial charge >= 0.3 is 0 Å². The molecule has 2 aliphatic heterocycles. The number of halogens is 3. The molecule has 2 amide bonds. The maximum Gasteiger partial charge on any atom is 0.274 e. The predicted octanol–water partition coefficient (Wildman–Crippen LogP) is 2.47. The molecule has 31 heavy (non-hydrogen) atoms. The van der Waals surface area contributed by atoms with E-state index in [1.807, 2.05) is 0 Å². The Labute approximate surface area is 181 Å². The fraction of sp³-hybridized carbons (Fsp3) is 0.381. The number of carbonyl (C=O) groups is 2. The molecule has 1 aromatic heterocycles. The zero-order chi connectivity index (χ0) is 22.4. The van der Waals surface area contributed by atoms with Gasteiger partial charge in [-0.25, -0.2) is 8.78 Å². The Kier molecular flexibility index (Phi) is 5.47. The standard InChI is InChI=1S/C21H20ClF2N3O4/c1-10-5-14(23)11(15(24)6-10)7-25-20(30)12-8-27-16-9-26(4-2-3-13(16)22)21(31)17(27)19(29)18(12)28/h5-6,8,13,16,29H,2-4,7,9H2,1H3,(H,25,30). The molecule has 2 bridgehead atoms. The zero-order valence-electron chi connectivity index (χ0n) is 16.6. The van der Waals surface area contributed by atoms with Crippen LogP contribution < -0.4 is 10.7 Å². The van der Waals surface area contributed by atoms with Crippen molar-refractivity contribution in [2.24, 2.45) is 0 Å². The van der Waals surface area contributed by atoms with Gasteiger partial charge in [0.1, 0.15) is 17.2 Å². The lowest BCUT2D eigenvalue weighted by molar-refractivity contribution is 0.0678. The number of hydrogen-bond donors (Lipinski definition) is 2. The van der Waals surface area contributed by atoms with Gasteiger partial charge in [-0.2, -0.15) is 0 Å². The Morgan fingerprint density at radius 1 is 1.29 bits per heavy atom. The number of carbonyl (C=O) groups excluding carboxylic acids is 2. The van der Waals surface area contributed by atoms with E-state index in [-0.39, 0.29) is 16.6 Å². The monoisotopic (exact) mass is 451 g/mol. The summed E-state index contributed by atoms with van der Waals surface area (Å²) in [6, 6.07) is 1.84. The number of alkyl halides is 1. The summed E-state index contributed by atoms with van der Waals surface area (Å²) >= 11 is 6.47. The first-order valence-electron chi connectivity index (χ1n) is 9.83. The second kappa shape index (κ2) is 7.96. The van der Waals surface area contributed by atoms with Crippen LogP contribution in [0.2, 0.25) is 0 Å². The number of pyridine rings is 1. The Hall–Kier alpha value is -2.94. The van der Waals surface area contributed by atoms with Crippen molar-refractivity contribution in [3.63, 3.8) is 0 Å². The van der Waals surface area contributed by atoms with Crippen LogP contribution in [-0.2, 0) is 6.54 Å². The summed E-state index contributed by atoms with van der Waals surface area (Å²) in [5.41, 5.74) is -1.64. The largest absolute Gasteiger partial charge is 0.503 e. The molecule has 0 radical (unpaired) electrons. The first kappa shape index (κ1) is 21.3. The molecule has 0 spiro atoms. The number of nitrogens with zero attached hydrogens (tertiary/aromatic N) is 2. The molecule has 164 valence electrons. The quantitative estimate of drug-likeness (QED) is 0.701. The lowest BCUT2D eigenvalue weighted by Gasteiger charge is -2.35. The SMILES string of the molecule is Cc1cc(F)c(CNC(=O)c2cn3c(c(O)c2=O)C(=O)N2CCCC(Cl)C3C2)c(F)c1. The van der Waals surface area contributed by atoms with Crippen LogP contribution in [0.15, 0.2) is 23.1 Å². The van der Waals surface area contributed by atoms with Gasteiger partial charge in [0.2, 0.25) is 5.43 Å². The highest BCUT2D eigenvalue weighted by Crippen LogP contribution is 2.34. The van der Waals surface area contributed by atoms with Gasteiger partial charge in [-0.3, -0.25) is 14.4 Å². The number of aromatic nitrogens is 1. The van der Waals surface area contributed by atoms with Crippen LogP contribution in [0, 0.1) is 18.6 Å². The molecule has 2 aliphatic rings. The average Bonchev–Trinajstić information content (AvgIpc) is 2.87. The van der Waals surface area contributed by atoms with Gasteiger partial charge < -0.3 is 19.9 Å². The van der Waals surface area contributed by atoms with Crippen molar-refractivity contribution in [2.75, 3.05) is 13.1 Å². The molecule has 2 N–H and O–H groups in total. The molecule has 2 unspecified atom stereocenters. The van der Waals surface area contributed by atoms with Crippen LogP contribution in [-0.4, -0.2) is 44.9 Å². The molecule has 2 atom stereocenters. The maximum atomic E-state index is 14.0. The summed E-state index contributed by atoms with van der Waals surface area (Å²) in [4.78, 5) is 39.6. The summed E-state index contributed by atoms with van der Waals surface area (Å²) in [6.07, 6.45) is 2.49. The first-order chi connectivity index (χ1) is 14.7. The molecule has 10 heteroatoms. The zero-order valence-corrected chi connectivity index (χ0v) is 17.4. The summed E-state index contributed by atoms with van der Waals surface area (Å²) in [7, 11) is 0. The summed E-state index contributed by atoms with van der Waals surface area (Å²) in [6.45, 7) is 1.80. The number of benzene rings is 1. The smallest absolute Gasteiger partial charge is 0.274 e. The molecule has 3 heterocycles. The average molecular weight is 452 g/mol. The van der Waals surface area contributed by atoms with Crippen LogP contribution in [0.1, 0.15) is 50.9 Å². The summed E-state index contributed by atoms with van der Waals surface area (Å²) < 4.78 is 29.5. The van der Waals surface area contributed by atoms with Crippen LogP contribution in [0.4, 0.5) is 8.78 Å². The third-order valence-corrected chi connectivity index (χ3v) is 6.26. The highest BCUT2D eigenvalue weighted by molar-refractivity contribution is 6.21. The van der Waals surface area contributed by atoms with Gasteiger partial charge in [0, 0.05) is 31.4 Å². The number of hydrogen-bond acceptors (Lipinski definition) is 4. The molecular formula is C21H20ClF2N3O4. The van der Waals surface area contributed by atoms with Crippen LogP contribution >= 0.6 is 11.6 Å². The van der Waals surface area contributed by atoms with Crippen molar-refractivity contribution in [2.45, 2.75) is 37.7 Å². The molecule has 4 rings (SSSR count). The maximum absolute atomic E-state index is 14.0. The lowest BCUT2D eigenvalue weighted by atomic mass is 10.0. The summed E-state index contributed by atoms with van der Waals surface area (Å²) in [5.74, 6) is -3.92. The van der Waals surface area contributed by atoms with E-state index in [1.165, 1.54) is 22.6 Å². The predicted molar refractivity (Wildman–Crippen MR) is 108 cm³/mol. The van der Waals surface area contributed by atoms with Gasteiger partial charge in [0.25, 0.3) is 11.8 Å². The number of aromatic hydroxyl groups is 1. The van der Waals surface area contributed by atoms with Crippen molar-refractivity contribution in [3.8, 4) is 5.75 Å².